The lowest BCUT2D eigenvalue weighted by Gasteiger charge is -2.24. The summed E-state index contributed by atoms with van der Waals surface area (Å²) in [5, 5.41) is 13.0. The van der Waals surface area contributed by atoms with Crippen molar-refractivity contribution in [2.24, 2.45) is 0 Å². The molecular weight excluding hydrogens is 385 g/mol. The second-order valence-electron chi connectivity index (χ2n) is 6.35. The summed E-state index contributed by atoms with van der Waals surface area (Å²) in [6, 6.07) is 13.5. The fourth-order valence-electron chi connectivity index (χ4n) is 3.12. The van der Waals surface area contributed by atoms with Crippen molar-refractivity contribution in [2.45, 2.75) is 19.3 Å². The molecule has 0 saturated heterocycles. The van der Waals surface area contributed by atoms with E-state index in [0.717, 1.165) is 11.3 Å². The average Bonchev–Trinajstić information content (AvgIpc) is 3.35. The van der Waals surface area contributed by atoms with Gasteiger partial charge >= 0.3 is 0 Å². The zero-order valence-electron chi connectivity index (χ0n) is 14.4. The van der Waals surface area contributed by atoms with Gasteiger partial charge in [-0.3, -0.25) is 0 Å². The Morgan fingerprint density at radius 1 is 1.14 bits per heavy atom. The Bertz CT molecular complexity index is 1140. The van der Waals surface area contributed by atoms with E-state index in [0.29, 0.717) is 29.4 Å². The van der Waals surface area contributed by atoms with E-state index in [2.05, 4.69) is 20.5 Å². The molecule has 0 saturated carbocycles. The predicted octanol–water partition coefficient (Wildman–Crippen LogP) is 4.06. The summed E-state index contributed by atoms with van der Waals surface area (Å²) < 4.78 is 26.5. The molecule has 1 aliphatic heterocycles. The van der Waals surface area contributed by atoms with Gasteiger partial charge in [0.1, 0.15) is 11.9 Å². The molecule has 7 nitrogen and oxygen atoms in total. The first-order valence-electron chi connectivity index (χ1n) is 8.57. The van der Waals surface area contributed by atoms with Gasteiger partial charge in [-0.2, -0.15) is 4.98 Å². The summed E-state index contributed by atoms with van der Waals surface area (Å²) in [6.45, 7) is 0.808. The molecule has 1 aliphatic rings. The van der Waals surface area contributed by atoms with Crippen LogP contribution in [0.4, 0.5) is 4.39 Å². The predicted molar refractivity (Wildman–Crippen MR) is 97.7 cm³/mol. The van der Waals surface area contributed by atoms with Crippen LogP contribution in [0.3, 0.4) is 0 Å². The van der Waals surface area contributed by atoms with Crippen molar-refractivity contribution in [3.8, 4) is 23.0 Å². The van der Waals surface area contributed by atoms with E-state index in [-0.39, 0.29) is 23.6 Å². The molecule has 0 fully saturated rings. The zero-order chi connectivity index (χ0) is 19.1. The topological polar surface area (TPSA) is 78.9 Å². The van der Waals surface area contributed by atoms with E-state index in [1.807, 2.05) is 24.3 Å². The maximum atomic E-state index is 13.4. The Hall–Kier alpha value is -3.10. The number of nitrogens with zero attached hydrogens (tertiary/aromatic N) is 5. The van der Waals surface area contributed by atoms with Crippen molar-refractivity contribution >= 4 is 11.6 Å². The van der Waals surface area contributed by atoms with Crippen LogP contribution in [-0.4, -0.2) is 25.1 Å². The monoisotopic (exact) mass is 397 g/mol. The van der Waals surface area contributed by atoms with Crippen LogP contribution in [0.5, 0.6) is 0 Å². The molecule has 0 bridgehead atoms. The van der Waals surface area contributed by atoms with E-state index in [1.54, 1.807) is 16.8 Å². The number of hydrogen-bond acceptors (Lipinski definition) is 6. The molecule has 3 heterocycles. The lowest BCUT2D eigenvalue weighted by atomic mass is 10.1. The lowest BCUT2D eigenvalue weighted by Crippen LogP contribution is -2.22. The van der Waals surface area contributed by atoms with Gasteiger partial charge in [-0.05, 0) is 29.8 Å². The van der Waals surface area contributed by atoms with E-state index in [1.165, 1.54) is 12.1 Å². The molecule has 0 spiro atoms. The van der Waals surface area contributed by atoms with Gasteiger partial charge in [0, 0.05) is 10.6 Å². The summed E-state index contributed by atoms with van der Waals surface area (Å²) in [4.78, 5) is 4.33. The van der Waals surface area contributed by atoms with E-state index < -0.39 is 0 Å². The first-order chi connectivity index (χ1) is 13.7. The first-order valence-corrected chi connectivity index (χ1v) is 8.94. The summed E-state index contributed by atoms with van der Waals surface area (Å²) in [5.41, 5.74) is 2.75. The van der Waals surface area contributed by atoms with Crippen molar-refractivity contribution in [2.75, 3.05) is 0 Å². The fraction of sp³-hybridized carbons (Fsp3) is 0.158. The SMILES string of the molecule is Fc1cccc(-c2noc(-c3nnn4c3COC(c3ccc(Cl)cc3)C4)n2)c1. The molecule has 1 atom stereocenters. The summed E-state index contributed by atoms with van der Waals surface area (Å²) in [7, 11) is 0. The normalized spacial score (nSPS) is 16.1. The minimum atomic E-state index is -0.369. The molecule has 140 valence electrons. The molecule has 9 heteroatoms. The Morgan fingerprint density at radius 2 is 2.00 bits per heavy atom. The van der Waals surface area contributed by atoms with Gasteiger partial charge in [0.15, 0.2) is 5.69 Å². The molecule has 0 amide bonds. The van der Waals surface area contributed by atoms with Crippen molar-refractivity contribution in [3.05, 3.63) is 70.6 Å². The summed E-state index contributed by atoms with van der Waals surface area (Å²) in [5.74, 6) is 0.132. The number of benzene rings is 2. The highest BCUT2D eigenvalue weighted by molar-refractivity contribution is 6.30. The van der Waals surface area contributed by atoms with Crippen molar-refractivity contribution in [1.82, 2.24) is 25.1 Å². The van der Waals surface area contributed by atoms with Crippen LogP contribution in [0.2, 0.25) is 5.02 Å². The van der Waals surface area contributed by atoms with E-state index >= 15 is 0 Å². The number of aromatic nitrogens is 5. The fourth-order valence-corrected chi connectivity index (χ4v) is 3.25. The van der Waals surface area contributed by atoms with Crippen LogP contribution < -0.4 is 0 Å². The number of halogens is 2. The average molecular weight is 398 g/mol. The highest BCUT2D eigenvalue weighted by Crippen LogP contribution is 2.31. The summed E-state index contributed by atoms with van der Waals surface area (Å²) in [6.07, 6.45) is -0.148. The van der Waals surface area contributed by atoms with Crippen LogP contribution >= 0.6 is 11.6 Å². The maximum absolute atomic E-state index is 13.4. The second-order valence-corrected chi connectivity index (χ2v) is 6.79. The minimum Gasteiger partial charge on any atom is -0.365 e. The largest absolute Gasteiger partial charge is 0.365 e. The molecule has 28 heavy (non-hydrogen) atoms. The number of rotatable bonds is 3. The molecule has 0 N–H and O–H groups in total. The van der Waals surface area contributed by atoms with Crippen LogP contribution in [0.25, 0.3) is 23.0 Å². The van der Waals surface area contributed by atoms with Gasteiger partial charge in [0.05, 0.1) is 18.8 Å². The van der Waals surface area contributed by atoms with E-state index in [4.69, 9.17) is 20.9 Å². The van der Waals surface area contributed by atoms with Crippen molar-refractivity contribution in [1.29, 1.82) is 0 Å². The zero-order valence-corrected chi connectivity index (χ0v) is 15.2. The van der Waals surface area contributed by atoms with Gasteiger partial charge in [0.2, 0.25) is 5.82 Å². The second kappa shape index (κ2) is 6.81. The Kier molecular flexibility index (Phi) is 4.14. The molecule has 0 aliphatic carbocycles. The minimum absolute atomic E-state index is 0.148. The van der Waals surface area contributed by atoms with E-state index in [9.17, 15) is 4.39 Å². The van der Waals surface area contributed by atoms with Crippen molar-refractivity contribution < 1.29 is 13.7 Å². The number of fused-ring (bicyclic) bond motifs is 1. The molecular formula is C19H13ClFN5O2. The molecule has 2 aromatic heterocycles. The summed E-state index contributed by atoms with van der Waals surface area (Å²) >= 11 is 5.95. The third kappa shape index (κ3) is 3.06. The standard InChI is InChI=1S/C19H13ClFN5O2/c20-13-6-4-11(5-7-13)16-9-26-15(10-27-16)17(23-25-26)19-22-18(24-28-19)12-2-1-3-14(21)8-12/h1-8,16H,9-10H2. The van der Waals surface area contributed by atoms with Crippen LogP contribution in [-0.2, 0) is 17.9 Å². The highest BCUT2D eigenvalue weighted by Gasteiger charge is 2.28. The lowest BCUT2D eigenvalue weighted by molar-refractivity contribution is -0.00117. The third-order valence-electron chi connectivity index (χ3n) is 4.55. The molecule has 4 aromatic rings. The number of ether oxygens (including phenoxy) is 1. The van der Waals surface area contributed by atoms with Crippen LogP contribution in [0.15, 0.2) is 53.1 Å². The molecule has 5 rings (SSSR count). The Labute approximate surface area is 163 Å². The maximum Gasteiger partial charge on any atom is 0.280 e. The molecule has 2 aromatic carbocycles. The molecule has 0 radical (unpaired) electrons. The van der Waals surface area contributed by atoms with Crippen LogP contribution in [0, 0.1) is 5.82 Å². The number of hydrogen-bond donors (Lipinski definition) is 0. The first kappa shape index (κ1) is 17.0. The smallest absolute Gasteiger partial charge is 0.280 e. The van der Waals surface area contributed by atoms with Gasteiger partial charge in [-0.15, -0.1) is 5.10 Å². The van der Waals surface area contributed by atoms with Gasteiger partial charge in [0.25, 0.3) is 5.89 Å². The third-order valence-corrected chi connectivity index (χ3v) is 4.80. The quantitative estimate of drug-likeness (QED) is 0.518. The van der Waals surface area contributed by atoms with Gasteiger partial charge < -0.3 is 9.26 Å². The Morgan fingerprint density at radius 3 is 2.82 bits per heavy atom. The van der Waals surface area contributed by atoms with Gasteiger partial charge in [-0.1, -0.05) is 46.2 Å². The molecule has 1 unspecified atom stereocenters. The van der Waals surface area contributed by atoms with Crippen molar-refractivity contribution in [3.63, 3.8) is 0 Å². The Balaban J connectivity index is 1.42. The highest BCUT2D eigenvalue weighted by atomic mass is 35.5. The van der Waals surface area contributed by atoms with Gasteiger partial charge in [-0.25, -0.2) is 9.07 Å². The van der Waals surface area contributed by atoms with Crippen LogP contribution in [0.1, 0.15) is 17.4 Å².